The fraction of sp³-hybridized carbons (Fsp3) is 0.857. The van der Waals surface area contributed by atoms with Crippen molar-refractivity contribution in [2.75, 3.05) is 13.2 Å². The number of carbonyl (C=O) groups excluding carboxylic acids is 1. The van der Waals surface area contributed by atoms with Gasteiger partial charge in [-0.1, -0.05) is 0 Å². The average molecular weight is 282 g/mol. The van der Waals surface area contributed by atoms with Crippen LogP contribution in [-0.2, 0) is 14.3 Å². The van der Waals surface area contributed by atoms with Crippen molar-refractivity contribution in [1.82, 2.24) is 5.32 Å². The quantitative estimate of drug-likeness (QED) is 0.674. The Morgan fingerprint density at radius 1 is 1.35 bits per heavy atom. The first-order valence-electron chi connectivity index (χ1n) is 7.30. The lowest BCUT2D eigenvalue weighted by atomic mass is 9.81. The van der Waals surface area contributed by atoms with E-state index in [0.29, 0.717) is 19.1 Å². The molecule has 0 aromatic carbocycles. The van der Waals surface area contributed by atoms with Crippen LogP contribution in [0.1, 0.15) is 26.2 Å². The fourth-order valence-corrected chi connectivity index (χ4v) is 4.09. The number of hydrogen-bond acceptors (Lipinski definition) is 4. The molecule has 6 heteroatoms. The Balaban J connectivity index is 1.74. The lowest BCUT2D eigenvalue weighted by Gasteiger charge is -2.33. The van der Waals surface area contributed by atoms with Gasteiger partial charge in [0.1, 0.15) is 0 Å². The monoisotopic (exact) mass is 282 g/mol. The molecule has 2 bridgehead atoms. The second-order valence-electron chi connectivity index (χ2n) is 6.74. The number of aliphatic carboxylic acids is 1. The summed E-state index contributed by atoms with van der Waals surface area (Å²) in [6.07, 6.45) is 2.90. The van der Waals surface area contributed by atoms with Crippen LogP contribution < -0.4 is 11.1 Å². The molecule has 3 fully saturated rings. The Morgan fingerprint density at radius 2 is 2.05 bits per heavy atom. The molecule has 2 saturated carbocycles. The number of ether oxygens (including phenoxy) is 1. The number of amides is 1. The Hall–Kier alpha value is -1.14. The number of carboxylic acids is 1. The highest BCUT2D eigenvalue weighted by molar-refractivity contribution is 5.85. The van der Waals surface area contributed by atoms with Gasteiger partial charge in [-0.05, 0) is 38.0 Å². The van der Waals surface area contributed by atoms with Crippen LogP contribution in [0.5, 0.6) is 0 Å². The Bertz CT molecular complexity index is 441. The number of carboxylic acid groups (broad SMARTS) is 1. The molecule has 1 amide bonds. The van der Waals surface area contributed by atoms with E-state index >= 15 is 0 Å². The van der Waals surface area contributed by atoms with E-state index in [2.05, 4.69) is 5.32 Å². The molecule has 0 radical (unpaired) electrons. The van der Waals surface area contributed by atoms with Crippen molar-refractivity contribution in [3.63, 3.8) is 0 Å². The molecule has 1 saturated heterocycles. The predicted molar refractivity (Wildman–Crippen MR) is 70.8 cm³/mol. The lowest BCUT2D eigenvalue weighted by Crippen LogP contribution is -2.55. The topological polar surface area (TPSA) is 102 Å². The molecule has 3 aliphatic rings. The summed E-state index contributed by atoms with van der Waals surface area (Å²) in [5.41, 5.74) is 5.21. The van der Waals surface area contributed by atoms with Crippen LogP contribution in [0.2, 0.25) is 0 Å². The third-order valence-corrected chi connectivity index (χ3v) is 5.54. The minimum absolute atomic E-state index is 0.161. The van der Waals surface area contributed by atoms with Crippen molar-refractivity contribution >= 4 is 11.9 Å². The zero-order chi connectivity index (χ0) is 14.5. The van der Waals surface area contributed by atoms with E-state index < -0.39 is 17.3 Å². The predicted octanol–water partition coefficient (Wildman–Crippen LogP) is -0.0343. The van der Waals surface area contributed by atoms with Gasteiger partial charge >= 0.3 is 5.97 Å². The van der Waals surface area contributed by atoms with Crippen LogP contribution in [-0.4, -0.2) is 42.3 Å². The van der Waals surface area contributed by atoms with E-state index in [-0.39, 0.29) is 23.9 Å². The Morgan fingerprint density at radius 3 is 2.65 bits per heavy atom. The molecule has 2 aliphatic carbocycles. The Labute approximate surface area is 118 Å². The summed E-state index contributed by atoms with van der Waals surface area (Å²) >= 11 is 0. The second kappa shape index (κ2) is 4.70. The molecule has 4 N–H and O–H groups in total. The van der Waals surface area contributed by atoms with Crippen molar-refractivity contribution in [3.8, 4) is 0 Å². The lowest BCUT2D eigenvalue weighted by molar-refractivity contribution is -0.145. The average Bonchev–Trinajstić information content (AvgIpc) is 3.06. The smallest absolute Gasteiger partial charge is 0.308 e. The SMILES string of the molecule is CC1(C(=O)NC2C3CCC(C3)C2C(=O)O)COCC1N. The highest BCUT2D eigenvalue weighted by atomic mass is 16.5. The summed E-state index contributed by atoms with van der Waals surface area (Å²) in [4.78, 5) is 24.0. The molecule has 112 valence electrons. The molecule has 6 atom stereocenters. The van der Waals surface area contributed by atoms with Crippen LogP contribution in [0.4, 0.5) is 0 Å². The molecule has 3 rings (SSSR count). The van der Waals surface area contributed by atoms with Gasteiger partial charge < -0.3 is 20.9 Å². The second-order valence-corrected chi connectivity index (χ2v) is 6.74. The number of fused-ring (bicyclic) bond motifs is 2. The highest BCUT2D eigenvalue weighted by Gasteiger charge is 2.53. The van der Waals surface area contributed by atoms with Crippen molar-refractivity contribution < 1.29 is 19.4 Å². The molecule has 0 spiro atoms. The first-order chi connectivity index (χ1) is 9.43. The summed E-state index contributed by atoms with van der Waals surface area (Å²) in [5, 5.41) is 12.4. The van der Waals surface area contributed by atoms with E-state index in [4.69, 9.17) is 10.5 Å². The van der Waals surface area contributed by atoms with Gasteiger partial charge in [0.2, 0.25) is 5.91 Å². The molecule has 0 aromatic heterocycles. The molecule has 6 nitrogen and oxygen atoms in total. The maximum absolute atomic E-state index is 12.5. The van der Waals surface area contributed by atoms with E-state index in [9.17, 15) is 14.7 Å². The van der Waals surface area contributed by atoms with E-state index in [1.165, 1.54) is 0 Å². The molecule has 6 unspecified atom stereocenters. The molecule has 0 aromatic rings. The van der Waals surface area contributed by atoms with Crippen molar-refractivity contribution in [2.45, 2.75) is 38.3 Å². The zero-order valence-electron chi connectivity index (χ0n) is 11.7. The first kappa shape index (κ1) is 13.8. The third-order valence-electron chi connectivity index (χ3n) is 5.54. The maximum atomic E-state index is 12.5. The minimum Gasteiger partial charge on any atom is -0.481 e. The van der Waals surface area contributed by atoms with Crippen molar-refractivity contribution in [3.05, 3.63) is 0 Å². The standard InChI is InChI=1S/C14H22N2O4/c1-14(6-20-5-9(14)15)13(19)16-11-8-3-2-7(4-8)10(11)12(17)18/h7-11H,2-6,15H2,1H3,(H,16,19)(H,17,18). The fourth-order valence-electron chi connectivity index (χ4n) is 4.09. The van der Waals surface area contributed by atoms with Gasteiger partial charge in [-0.25, -0.2) is 0 Å². The summed E-state index contributed by atoms with van der Waals surface area (Å²) in [6.45, 7) is 2.48. The van der Waals surface area contributed by atoms with Crippen LogP contribution in [0.15, 0.2) is 0 Å². The number of rotatable bonds is 3. The van der Waals surface area contributed by atoms with Gasteiger partial charge in [-0.2, -0.15) is 0 Å². The number of carbonyl (C=O) groups is 2. The number of nitrogens with two attached hydrogens (primary N) is 1. The third kappa shape index (κ3) is 1.93. The molecule has 1 aliphatic heterocycles. The van der Waals surface area contributed by atoms with Gasteiger partial charge in [0.15, 0.2) is 0 Å². The van der Waals surface area contributed by atoms with E-state index in [0.717, 1.165) is 19.3 Å². The minimum atomic E-state index is -0.792. The van der Waals surface area contributed by atoms with Crippen LogP contribution >= 0.6 is 0 Å². The van der Waals surface area contributed by atoms with Crippen LogP contribution in [0.3, 0.4) is 0 Å². The van der Waals surface area contributed by atoms with Crippen molar-refractivity contribution in [1.29, 1.82) is 0 Å². The van der Waals surface area contributed by atoms with Gasteiger partial charge in [0, 0.05) is 12.1 Å². The Kier molecular flexibility index (Phi) is 3.25. The van der Waals surface area contributed by atoms with E-state index in [1.807, 2.05) is 0 Å². The number of hydrogen-bond donors (Lipinski definition) is 3. The van der Waals surface area contributed by atoms with E-state index in [1.54, 1.807) is 6.92 Å². The highest BCUT2D eigenvalue weighted by Crippen LogP contribution is 2.48. The van der Waals surface area contributed by atoms with Gasteiger partial charge in [-0.15, -0.1) is 0 Å². The summed E-state index contributed by atoms with van der Waals surface area (Å²) < 4.78 is 5.29. The maximum Gasteiger partial charge on any atom is 0.308 e. The largest absolute Gasteiger partial charge is 0.481 e. The molecule has 1 heterocycles. The summed E-state index contributed by atoms with van der Waals surface area (Å²) in [7, 11) is 0. The van der Waals surface area contributed by atoms with Crippen molar-refractivity contribution in [2.24, 2.45) is 28.9 Å². The molecule has 20 heavy (non-hydrogen) atoms. The number of nitrogens with one attached hydrogen (secondary N) is 1. The normalized spacial score (nSPS) is 46.6. The van der Waals surface area contributed by atoms with Crippen LogP contribution in [0, 0.1) is 23.2 Å². The summed E-state index contributed by atoms with van der Waals surface area (Å²) in [6, 6.07) is -0.576. The molecular formula is C14H22N2O4. The zero-order valence-corrected chi connectivity index (χ0v) is 11.7. The van der Waals surface area contributed by atoms with Crippen LogP contribution in [0.25, 0.3) is 0 Å². The molecular weight excluding hydrogens is 260 g/mol. The summed E-state index contributed by atoms with van der Waals surface area (Å²) in [5.74, 6) is -0.887. The van der Waals surface area contributed by atoms with Gasteiger partial charge in [0.05, 0.1) is 24.5 Å². The first-order valence-corrected chi connectivity index (χ1v) is 7.30. The van der Waals surface area contributed by atoms with Gasteiger partial charge in [0.25, 0.3) is 0 Å². The van der Waals surface area contributed by atoms with Gasteiger partial charge in [-0.3, -0.25) is 9.59 Å².